The average molecular weight is 512 g/mol. The maximum atomic E-state index is 13.0. The zero-order chi connectivity index (χ0) is 23.3. The molecule has 11 nitrogen and oxygen atoms in total. The van der Waals surface area contributed by atoms with Crippen molar-refractivity contribution < 1.29 is 28.0 Å². The summed E-state index contributed by atoms with van der Waals surface area (Å²) in [5.41, 5.74) is 7.17. The predicted molar refractivity (Wildman–Crippen MR) is 119 cm³/mol. The first-order valence-electron chi connectivity index (χ1n) is 9.51. The van der Waals surface area contributed by atoms with E-state index < -0.39 is 45.9 Å². The van der Waals surface area contributed by atoms with Crippen molar-refractivity contribution in [2.75, 3.05) is 13.1 Å². The van der Waals surface area contributed by atoms with Gasteiger partial charge in [0.1, 0.15) is 6.04 Å². The molecular weight excluding hydrogens is 485 g/mol. The Hall–Kier alpha value is -1.96. The molecule has 3 atom stereocenters. The lowest BCUT2D eigenvalue weighted by Gasteiger charge is -2.22. The van der Waals surface area contributed by atoms with Crippen molar-refractivity contribution >= 4 is 51.8 Å². The third-order valence-electron chi connectivity index (χ3n) is 4.90. The minimum Gasteiger partial charge on any atom is -0.350 e. The molecule has 32 heavy (non-hydrogen) atoms. The zero-order valence-corrected chi connectivity index (χ0v) is 19.8. The van der Waals surface area contributed by atoms with Crippen molar-refractivity contribution in [3.8, 4) is 0 Å². The number of amides is 3. The normalized spacial score (nSPS) is 19.7. The summed E-state index contributed by atoms with van der Waals surface area (Å²) in [6.45, 7) is 2.99. The van der Waals surface area contributed by atoms with Crippen LogP contribution in [0.15, 0.2) is 29.2 Å². The van der Waals surface area contributed by atoms with Crippen LogP contribution >= 0.6 is 24.0 Å². The molecule has 1 aliphatic heterocycles. The number of carbonyl (C=O) groups is 3. The number of carbonyl (C=O) groups excluding carboxylic acids is 3. The van der Waals surface area contributed by atoms with E-state index in [0.717, 1.165) is 4.31 Å². The molecule has 0 aromatic heterocycles. The summed E-state index contributed by atoms with van der Waals surface area (Å²) in [5, 5.41) is 14.4. The Bertz CT molecular complexity index is 928. The van der Waals surface area contributed by atoms with E-state index in [2.05, 4.69) is 10.6 Å². The van der Waals surface area contributed by atoms with Gasteiger partial charge >= 0.3 is 0 Å². The maximum absolute atomic E-state index is 13.0. The summed E-state index contributed by atoms with van der Waals surface area (Å²) in [6.07, 6.45) is -0.0651. The lowest BCUT2D eigenvalue weighted by Crippen LogP contribution is -2.48. The third-order valence-corrected chi connectivity index (χ3v) is 7.04. The van der Waals surface area contributed by atoms with Crippen molar-refractivity contribution in [3.05, 3.63) is 29.3 Å². The number of benzene rings is 1. The molecule has 1 aliphatic rings. The molecule has 0 bridgehead atoms. The molecule has 0 saturated carbocycles. The fourth-order valence-electron chi connectivity index (χ4n) is 3.10. The van der Waals surface area contributed by atoms with Gasteiger partial charge in [-0.2, -0.15) is 4.31 Å². The summed E-state index contributed by atoms with van der Waals surface area (Å²) < 4.78 is 26.9. The van der Waals surface area contributed by atoms with E-state index in [1.807, 2.05) is 0 Å². The Morgan fingerprint density at radius 3 is 2.38 bits per heavy atom. The number of hydrogen-bond acceptors (Lipinski definition) is 7. The van der Waals surface area contributed by atoms with Crippen molar-refractivity contribution in [2.24, 2.45) is 11.7 Å². The first-order chi connectivity index (χ1) is 14.5. The smallest absolute Gasteiger partial charge is 0.261 e. The molecule has 1 heterocycles. The number of halogens is 2. The second-order valence-corrected chi connectivity index (χ2v) is 9.84. The molecule has 180 valence electrons. The molecule has 2 rings (SSSR count). The highest BCUT2D eigenvalue weighted by atomic mass is 35.5. The molecule has 14 heteroatoms. The van der Waals surface area contributed by atoms with Gasteiger partial charge in [0, 0.05) is 17.6 Å². The predicted octanol–water partition coefficient (Wildman–Crippen LogP) is -0.385. The third kappa shape index (κ3) is 6.77. The van der Waals surface area contributed by atoms with Crippen LogP contribution in [0.2, 0.25) is 5.02 Å². The van der Waals surface area contributed by atoms with Crippen LogP contribution in [-0.2, 0) is 24.4 Å². The molecule has 0 spiro atoms. The van der Waals surface area contributed by atoms with Crippen LogP contribution in [0.5, 0.6) is 0 Å². The molecule has 1 saturated heterocycles. The summed E-state index contributed by atoms with van der Waals surface area (Å²) in [4.78, 5) is 36.1. The zero-order valence-electron chi connectivity index (χ0n) is 17.4. The van der Waals surface area contributed by atoms with Crippen LogP contribution in [0.3, 0.4) is 0 Å². The van der Waals surface area contributed by atoms with Crippen LogP contribution in [0, 0.1) is 5.92 Å². The molecule has 0 unspecified atom stereocenters. The van der Waals surface area contributed by atoms with Gasteiger partial charge < -0.3 is 16.4 Å². The van der Waals surface area contributed by atoms with Crippen LogP contribution < -0.4 is 21.8 Å². The van der Waals surface area contributed by atoms with E-state index in [4.69, 9.17) is 22.5 Å². The minimum atomic E-state index is -4.11. The second kappa shape index (κ2) is 11.8. The van der Waals surface area contributed by atoms with Gasteiger partial charge in [0.25, 0.3) is 5.91 Å². The van der Waals surface area contributed by atoms with E-state index in [1.54, 1.807) is 13.8 Å². The van der Waals surface area contributed by atoms with Gasteiger partial charge in [-0.1, -0.05) is 25.4 Å². The highest BCUT2D eigenvalue weighted by Gasteiger charge is 2.44. The second-order valence-electron chi connectivity index (χ2n) is 7.51. The van der Waals surface area contributed by atoms with E-state index in [1.165, 1.54) is 29.7 Å². The quantitative estimate of drug-likeness (QED) is 0.233. The standard InChI is InChI=1S/C18H26ClN5O6S.ClH/c1-10(2)16(20)18(27)21-8-15(25)22-12-7-14(17(26)23-28)24(9-12)31(29,30)13-5-3-11(19)4-6-13;/h3-6,10,12,14,16,28H,7-9,20H2,1-2H3,(H,21,27)(H,22,25)(H,23,26);1H/t12-,14-,16-;/m0./s1. The Morgan fingerprint density at radius 1 is 1.25 bits per heavy atom. The summed E-state index contributed by atoms with van der Waals surface area (Å²) >= 11 is 5.80. The number of nitrogens with zero attached hydrogens (tertiary/aromatic N) is 1. The van der Waals surface area contributed by atoms with E-state index in [9.17, 15) is 22.8 Å². The summed E-state index contributed by atoms with van der Waals surface area (Å²) in [6, 6.07) is 2.67. The lowest BCUT2D eigenvalue weighted by atomic mass is 10.1. The molecule has 0 radical (unpaired) electrons. The number of rotatable bonds is 8. The molecule has 3 amide bonds. The van der Waals surface area contributed by atoms with Gasteiger partial charge in [-0.05, 0) is 36.6 Å². The molecule has 1 aromatic rings. The minimum absolute atomic E-state index is 0. The van der Waals surface area contributed by atoms with E-state index in [-0.39, 0.29) is 42.7 Å². The van der Waals surface area contributed by atoms with Crippen LogP contribution in [0.25, 0.3) is 0 Å². The number of hydrogen-bond donors (Lipinski definition) is 5. The number of nitrogens with two attached hydrogens (primary N) is 1. The molecule has 1 fully saturated rings. The molecule has 0 aliphatic carbocycles. The Kier molecular flexibility index (Phi) is 10.3. The van der Waals surface area contributed by atoms with Crippen molar-refractivity contribution in [3.63, 3.8) is 0 Å². The fourth-order valence-corrected chi connectivity index (χ4v) is 4.87. The van der Waals surface area contributed by atoms with Crippen molar-refractivity contribution in [2.45, 2.75) is 43.3 Å². The summed E-state index contributed by atoms with van der Waals surface area (Å²) in [7, 11) is -4.11. The Balaban J connectivity index is 0.00000512. The van der Waals surface area contributed by atoms with Crippen LogP contribution in [0.1, 0.15) is 20.3 Å². The number of nitrogens with one attached hydrogen (secondary N) is 3. The topological polar surface area (TPSA) is 171 Å². The number of hydroxylamine groups is 1. The average Bonchev–Trinajstić information content (AvgIpc) is 3.15. The number of sulfonamides is 1. The van der Waals surface area contributed by atoms with Gasteiger partial charge in [-0.25, -0.2) is 13.9 Å². The lowest BCUT2D eigenvalue weighted by molar-refractivity contribution is -0.132. The van der Waals surface area contributed by atoms with Crippen LogP contribution in [0.4, 0.5) is 0 Å². The van der Waals surface area contributed by atoms with E-state index in [0.29, 0.717) is 5.02 Å². The van der Waals surface area contributed by atoms with Gasteiger partial charge in [0.05, 0.1) is 17.5 Å². The SMILES string of the molecule is CC(C)[C@H](N)C(=O)NCC(=O)N[C@H]1C[C@@H](C(=O)NO)N(S(=O)(=O)c2ccc(Cl)cc2)C1.Cl. The fraction of sp³-hybridized carbons (Fsp3) is 0.500. The molecular formula is C18H27Cl2N5O6S. The first-order valence-corrected chi connectivity index (χ1v) is 11.3. The Morgan fingerprint density at radius 2 is 1.84 bits per heavy atom. The van der Waals surface area contributed by atoms with Gasteiger partial charge in [0.2, 0.25) is 21.8 Å². The van der Waals surface area contributed by atoms with E-state index >= 15 is 0 Å². The molecule has 1 aromatic carbocycles. The van der Waals surface area contributed by atoms with Gasteiger partial charge in [-0.3, -0.25) is 19.6 Å². The maximum Gasteiger partial charge on any atom is 0.261 e. The first kappa shape index (κ1) is 28.1. The molecule has 6 N–H and O–H groups in total. The van der Waals surface area contributed by atoms with Gasteiger partial charge in [0.15, 0.2) is 0 Å². The van der Waals surface area contributed by atoms with Gasteiger partial charge in [-0.15, -0.1) is 12.4 Å². The van der Waals surface area contributed by atoms with Crippen molar-refractivity contribution in [1.82, 2.24) is 20.4 Å². The monoisotopic (exact) mass is 511 g/mol. The van der Waals surface area contributed by atoms with Crippen LogP contribution in [-0.4, -0.2) is 66.9 Å². The summed E-state index contributed by atoms with van der Waals surface area (Å²) in [5.74, 6) is -2.09. The largest absolute Gasteiger partial charge is 0.350 e. The van der Waals surface area contributed by atoms with Crippen molar-refractivity contribution in [1.29, 1.82) is 0 Å². The Labute approximate surface area is 197 Å². The highest BCUT2D eigenvalue weighted by Crippen LogP contribution is 2.27. The highest BCUT2D eigenvalue weighted by molar-refractivity contribution is 7.89.